The van der Waals surface area contributed by atoms with Crippen molar-refractivity contribution in [3.8, 4) is 0 Å². The zero-order valence-corrected chi connectivity index (χ0v) is 13.4. The fourth-order valence-electron chi connectivity index (χ4n) is 3.81. The van der Waals surface area contributed by atoms with Crippen LogP contribution in [0.2, 0.25) is 0 Å². The number of nitrogens with one attached hydrogen (secondary N) is 1. The maximum Gasteiger partial charge on any atom is 0.416 e. The summed E-state index contributed by atoms with van der Waals surface area (Å²) in [4.78, 5) is 2.21. The molecule has 0 amide bonds. The molecule has 23 heavy (non-hydrogen) atoms. The number of rotatable bonds is 3. The third kappa shape index (κ3) is 4.40. The van der Waals surface area contributed by atoms with Gasteiger partial charge in [-0.1, -0.05) is 19.3 Å². The van der Waals surface area contributed by atoms with E-state index in [1.165, 1.54) is 44.2 Å². The Labute approximate surface area is 136 Å². The Kier molecular flexibility index (Phi) is 5.14. The molecule has 0 radical (unpaired) electrons. The first-order chi connectivity index (χ1) is 11.0. The molecule has 128 valence electrons. The molecule has 0 bridgehead atoms. The minimum absolute atomic E-state index is 0.453. The number of nitrogens with zero attached hydrogens (tertiary/aromatic N) is 1. The lowest BCUT2D eigenvalue weighted by Crippen LogP contribution is -2.49. The normalized spacial score (nSPS) is 24.0. The van der Waals surface area contributed by atoms with Gasteiger partial charge in [-0.25, -0.2) is 0 Å². The maximum atomic E-state index is 12.7. The number of alkyl halides is 3. The molecule has 5 heteroatoms. The van der Waals surface area contributed by atoms with Gasteiger partial charge in [0.05, 0.1) is 5.56 Å². The van der Waals surface area contributed by atoms with Gasteiger partial charge in [-0.3, -0.25) is 0 Å². The van der Waals surface area contributed by atoms with Crippen LogP contribution in [0.4, 0.5) is 18.9 Å². The molecule has 1 aliphatic carbocycles. The summed E-state index contributed by atoms with van der Waals surface area (Å²) in [5.41, 5.74) is 0.322. The van der Waals surface area contributed by atoms with Gasteiger partial charge in [0.2, 0.25) is 0 Å². The van der Waals surface area contributed by atoms with Gasteiger partial charge in [0.15, 0.2) is 0 Å². The van der Waals surface area contributed by atoms with E-state index in [9.17, 15) is 13.2 Å². The first-order valence-corrected chi connectivity index (χ1v) is 8.70. The van der Waals surface area contributed by atoms with E-state index in [0.717, 1.165) is 31.6 Å². The third-order valence-electron chi connectivity index (χ3n) is 5.06. The Morgan fingerprint density at radius 3 is 2.17 bits per heavy atom. The second-order valence-electron chi connectivity index (χ2n) is 6.83. The highest BCUT2D eigenvalue weighted by Gasteiger charge is 2.30. The van der Waals surface area contributed by atoms with Crippen LogP contribution in [0.5, 0.6) is 0 Å². The molecule has 1 aromatic carbocycles. The van der Waals surface area contributed by atoms with Crippen molar-refractivity contribution in [3.05, 3.63) is 29.8 Å². The molecule has 1 atom stereocenters. The van der Waals surface area contributed by atoms with Crippen LogP contribution in [0.1, 0.15) is 50.5 Å². The first-order valence-electron chi connectivity index (χ1n) is 8.70. The smallest absolute Gasteiger partial charge is 0.370 e. The van der Waals surface area contributed by atoms with Gasteiger partial charge in [0.1, 0.15) is 0 Å². The summed E-state index contributed by atoms with van der Waals surface area (Å²) < 4.78 is 38.0. The Morgan fingerprint density at radius 1 is 0.870 bits per heavy atom. The molecule has 0 aromatic heterocycles. The molecule has 1 unspecified atom stereocenters. The van der Waals surface area contributed by atoms with Crippen LogP contribution < -0.4 is 10.2 Å². The second kappa shape index (κ2) is 7.12. The summed E-state index contributed by atoms with van der Waals surface area (Å²) in [5, 5.41) is 3.77. The van der Waals surface area contributed by atoms with Crippen molar-refractivity contribution in [3.63, 3.8) is 0 Å². The highest BCUT2D eigenvalue weighted by molar-refractivity contribution is 5.48. The largest absolute Gasteiger partial charge is 0.416 e. The summed E-state index contributed by atoms with van der Waals surface area (Å²) in [7, 11) is 0. The standard InChI is InChI=1S/C18H25F3N2/c19-18(20,21)14-8-10-17(11-9-14)23-12-4-7-16(13-23)22-15-5-2-1-3-6-15/h8-11,15-16,22H,1-7,12-13H2. The molecule has 0 spiro atoms. The van der Waals surface area contributed by atoms with Crippen molar-refractivity contribution in [1.29, 1.82) is 0 Å². The Balaban J connectivity index is 1.59. The molecule has 1 saturated heterocycles. The van der Waals surface area contributed by atoms with E-state index in [-0.39, 0.29) is 0 Å². The maximum absolute atomic E-state index is 12.7. The van der Waals surface area contributed by atoms with Gasteiger partial charge in [0, 0.05) is 30.9 Å². The Morgan fingerprint density at radius 2 is 1.52 bits per heavy atom. The molecular weight excluding hydrogens is 301 g/mol. The van der Waals surface area contributed by atoms with Gasteiger partial charge in [0.25, 0.3) is 0 Å². The molecule has 2 fully saturated rings. The predicted molar refractivity (Wildman–Crippen MR) is 86.7 cm³/mol. The van der Waals surface area contributed by atoms with E-state index >= 15 is 0 Å². The number of benzene rings is 1. The zero-order chi connectivity index (χ0) is 16.3. The molecule has 1 N–H and O–H groups in total. The highest BCUT2D eigenvalue weighted by atomic mass is 19.4. The van der Waals surface area contributed by atoms with Crippen LogP contribution in [-0.2, 0) is 6.18 Å². The number of piperidine rings is 1. The van der Waals surface area contributed by atoms with Crippen LogP contribution in [-0.4, -0.2) is 25.2 Å². The van der Waals surface area contributed by atoms with E-state index in [4.69, 9.17) is 0 Å². The van der Waals surface area contributed by atoms with Crippen molar-refractivity contribution >= 4 is 5.69 Å². The van der Waals surface area contributed by atoms with Gasteiger partial charge < -0.3 is 10.2 Å². The lowest BCUT2D eigenvalue weighted by Gasteiger charge is -2.37. The fraction of sp³-hybridized carbons (Fsp3) is 0.667. The summed E-state index contributed by atoms with van der Waals surface area (Å²) in [6.07, 6.45) is 4.48. The van der Waals surface area contributed by atoms with Gasteiger partial charge in [-0.2, -0.15) is 13.2 Å². The van der Waals surface area contributed by atoms with Crippen molar-refractivity contribution in [2.75, 3.05) is 18.0 Å². The van der Waals surface area contributed by atoms with Gasteiger partial charge in [-0.05, 0) is 49.9 Å². The molecule has 1 aromatic rings. The van der Waals surface area contributed by atoms with Crippen LogP contribution >= 0.6 is 0 Å². The third-order valence-corrected chi connectivity index (χ3v) is 5.06. The van der Waals surface area contributed by atoms with Crippen molar-refractivity contribution < 1.29 is 13.2 Å². The van der Waals surface area contributed by atoms with Gasteiger partial charge in [-0.15, -0.1) is 0 Å². The first kappa shape index (κ1) is 16.6. The predicted octanol–water partition coefficient (Wildman–Crippen LogP) is 4.60. The molecule has 3 rings (SSSR count). The second-order valence-corrected chi connectivity index (χ2v) is 6.83. The number of hydrogen-bond donors (Lipinski definition) is 1. The molecule has 1 saturated carbocycles. The summed E-state index contributed by atoms with van der Waals surface area (Å²) in [6.45, 7) is 1.82. The van der Waals surface area contributed by atoms with E-state index in [0.29, 0.717) is 12.1 Å². The highest BCUT2D eigenvalue weighted by Crippen LogP contribution is 2.31. The fourth-order valence-corrected chi connectivity index (χ4v) is 3.81. The van der Waals surface area contributed by atoms with E-state index in [2.05, 4.69) is 10.2 Å². The van der Waals surface area contributed by atoms with Crippen LogP contribution in [0.25, 0.3) is 0 Å². The van der Waals surface area contributed by atoms with Crippen molar-refractivity contribution in [2.24, 2.45) is 0 Å². The number of anilines is 1. The van der Waals surface area contributed by atoms with E-state index < -0.39 is 11.7 Å². The van der Waals surface area contributed by atoms with E-state index in [1.807, 2.05) is 0 Å². The summed E-state index contributed by atoms with van der Waals surface area (Å²) >= 11 is 0. The lowest BCUT2D eigenvalue weighted by atomic mass is 9.93. The number of hydrogen-bond acceptors (Lipinski definition) is 2. The topological polar surface area (TPSA) is 15.3 Å². The molecule has 2 nitrogen and oxygen atoms in total. The van der Waals surface area contributed by atoms with Gasteiger partial charge >= 0.3 is 6.18 Å². The summed E-state index contributed by atoms with van der Waals surface area (Å²) in [6, 6.07) is 6.66. The lowest BCUT2D eigenvalue weighted by molar-refractivity contribution is -0.137. The minimum Gasteiger partial charge on any atom is -0.370 e. The molecule has 2 aliphatic rings. The van der Waals surface area contributed by atoms with Crippen molar-refractivity contribution in [1.82, 2.24) is 5.32 Å². The average Bonchev–Trinajstić information content (AvgIpc) is 2.55. The number of halogens is 3. The van der Waals surface area contributed by atoms with Crippen LogP contribution in [0.15, 0.2) is 24.3 Å². The zero-order valence-electron chi connectivity index (χ0n) is 13.4. The molecule has 1 aliphatic heterocycles. The van der Waals surface area contributed by atoms with Crippen LogP contribution in [0, 0.1) is 0 Å². The SMILES string of the molecule is FC(F)(F)c1ccc(N2CCCC(NC3CCCCC3)C2)cc1. The van der Waals surface area contributed by atoms with E-state index in [1.54, 1.807) is 12.1 Å². The minimum atomic E-state index is -4.26. The molecule has 1 heterocycles. The van der Waals surface area contributed by atoms with Crippen molar-refractivity contribution in [2.45, 2.75) is 63.2 Å². The monoisotopic (exact) mass is 326 g/mol. The summed E-state index contributed by atoms with van der Waals surface area (Å²) in [5.74, 6) is 0. The quantitative estimate of drug-likeness (QED) is 0.873. The Bertz CT molecular complexity index is 492. The molecular formula is C18H25F3N2. The average molecular weight is 326 g/mol. The van der Waals surface area contributed by atoms with Crippen LogP contribution in [0.3, 0.4) is 0 Å². The Hall–Kier alpha value is -1.23.